The molecular weight excluding hydrogens is 298 g/mol. The van der Waals surface area contributed by atoms with E-state index in [1.54, 1.807) is 0 Å². The predicted molar refractivity (Wildman–Crippen MR) is 83.0 cm³/mol. The molecule has 1 aliphatic rings. The molecule has 126 valence electrons. The van der Waals surface area contributed by atoms with E-state index in [0.717, 1.165) is 18.7 Å². The van der Waals surface area contributed by atoms with Gasteiger partial charge in [0.05, 0.1) is 12.0 Å². The molecule has 3 N–H and O–H groups in total. The monoisotopic (exact) mass is 321 g/mol. The van der Waals surface area contributed by atoms with Crippen molar-refractivity contribution < 1.29 is 29.9 Å². The molecule has 1 aromatic carbocycles. The molecule has 0 spiro atoms. The van der Waals surface area contributed by atoms with Crippen molar-refractivity contribution in [2.75, 3.05) is 6.54 Å². The average molecular weight is 321 g/mol. The topological polar surface area (TPSA) is 103 Å². The Labute approximate surface area is 135 Å². The molecule has 0 saturated heterocycles. The number of ether oxygens (including phenoxy) is 1. The molecule has 6 nitrogen and oxygen atoms in total. The first kappa shape index (κ1) is 18.7. The molecule has 0 fully saturated rings. The smallest absolute Gasteiger partial charge is 0.328 e. The highest BCUT2D eigenvalue weighted by atomic mass is 16.5. The number of carbonyl (C=O) groups excluding carboxylic acids is 1. The van der Waals surface area contributed by atoms with Crippen LogP contribution in [0.3, 0.4) is 0 Å². The van der Waals surface area contributed by atoms with E-state index in [4.69, 9.17) is 9.84 Å². The number of rotatable bonds is 5. The van der Waals surface area contributed by atoms with Gasteiger partial charge in [0.1, 0.15) is 12.3 Å². The highest BCUT2D eigenvalue weighted by Gasteiger charge is 2.24. The van der Waals surface area contributed by atoms with Gasteiger partial charge in [-0.3, -0.25) is 0 Å². The SMILES string of the molecule is Cc1ccc2c(c1)CC(C[NH2+]C(C)C)O2.O=C([O-])/C=C\C(=O)O. The minimum Gasteiger partial charge on any atom is -0.545 e. The Kier molecular flexibility index (Phi) is 7.28. The van der Waals surface area contributed by atoms with E-state index in [-0.39, 0.29) is 0 Å². The third kappa shape index (κ3) is 7.46. The summed E-state index contributed by atoms with van der Waals surface area (Å²) in [4.78, 5) is 19.0. The Hall–Kier alpha value is -2.34. The third-order valence-electron chi connectivity index (χ3n) is 3.19. The highest BCUT2D eigenvalue weighted by Crippen LogP contribution is 2.28. The summed E-state index contributed by atoms with van der Waals surface area (Å²) in [7, 11) is 0. The molecule has 1 heterocycles. The summed E-state index contributed by atoms with van der Waals surface area (Å²) in [6, 6.07) is 7.11. The molecule has 23 heavy (non-hydrogen) atoms. The van der Waals surface area contributed by atoms with Gasteiger partial charge in [-0.1, -0.05) is 17.7 Å². The Bertz CT molecular complexity index is 564. The molecule has 1 aliphatic heterocycles. The Morgan fingerprint density at radius 2 is 2.13 bits per heavy atom. The lowest BCUT2D eigenvalue weighted by Crippen LogP contribution is -2.90. The number of fused-ring (bicyclic) bond motifs is 1. The molecule has 1 atom stereocenters. The van der Waals surface area contributed by atoms with E-state index in [0.29, 0.717) is 24.3 Å². The fourth-order valence-corrected chi connectivity index (χ4v) is 2.14. The van der Waals surface area contributed by atoms with Crippen molar-refractivity contribution in [3.63, 3.8) is 0 Å². The van der Waals surface area contributed by atoms with Gasteiger partial charge >= 0.3 is 5.97 Å². The Morgan fingerprint density at radius 3 is 2.65 bits per heavy atom. The van der Waals surface area contributed by atoms with Crippen LogP contribution in [0.15, 0.2) is 30.4 Å². The van der Waals surface area contributed by atoms with Gasteiger partial charge < -0.3 is 25.1 Å². The maximum absolute atomic E-state index is 9.53. The molecule has 0 aromatic heterocycles. The number of carboxylic acids is 2. The van der Waals surface area contributed by atoms with E-state index >= 15 is 0 Å². The summed E-state index contributed by atoms with van der Waals surface area (Å²) in [5, 5.41) is 19.6. The third-order valence-corrected chi connectivity index (χ3v) is 3.19. The fraction of sp³-hybridized carbons (Fsp3) is 0.412. The molecule has 6 heteroatoms. The van der Waals surface area contributed by atoms with E-state index in [1.165, 1.54) is 11.1 Å². The van der Waals surface area contributed by atoms with Gasteiger partial charge in [-0.2, -0.15) is 0 Å². The number of carboxylic acid groups (broad SMARTS) is 2. The number of carbonyl (C=O) groups is 2. The summed E-state index contributed by atoms with van der Waals surface area (Å²) in [5.41, 5.74) is 2.70. The minimum absolute atomic E-state index is 0.365. The van der Waals surface area contributed by atoms with E-state index in [1.807, 2.05) is 0 Å². The molecule has 0 radical (unpaired) electrons. The van der Waals surface area contributed by atoms with Crippen LogP contribution < -0.4 is 15.2 Å². The maximum Gasteiger partial charge on any atom is 0.328 e. The van der Waals surface area contributed by atoms with Gasteiger partial charge in [-0.25, -0.2) is 4.79 Å². The molecule has 1 aromatic rings. The molecule has 0 aliphatic carbocycles. The quantitative estimate of drug-likeness (QED) is 0.721. The molecule has 2 rings (SSSR count). The second-order valence-corrected chi connectivity index (χ2v) is 5.76. The van der Waals surface area contributed by atoms with Crippen LogP contribution >= 0.6 is 0 Å². The van der Waals surface area contributed by atoms with Gasteiger partial charge in [0.15, 0.2) is 6.10 Å². The van der Waals surface area contributed by atoms with Crippen molar-refractivity contribution in [3.8, 4) is 5.75 Å². The molecule has 0 saturated carbocycles. The van der Waals surface area contributed by atoms with Crippen molar-refractivity contribution in [1.29, 1.82) is 0 Å². The summed E-state index contributed by atoms with van der Waals surface area (Å²) in [5.74, 6) is -1.72. The summed E-state index contributed by atoms with van der Waals surface area (Å²) < 4.78 is 5.88. The van der Waals surface area contributed by atoms with Crippen molar-refractivity contribution in [1.82, 2.24) is 0 Å². The number of aliphatic carboxylic acids is 2. The lowest BCUT2D eigenvalue weighted by molar-refractivity contribution is -0.687. The number of aryl methyl sites for hydroxylation is 1. The van der Waals surface area contributed by atoms with Gasteiger partial charge in [0.2, 0.25) is 0 Å². The molecule has 1 unspecified atom stereocenters. The zero-order valence-electron chi connectivity index (χ0n) is 13.6. The summed E-state index contributed by atoms with van der Waals surface area (Å²) in [6.45, 7) is 7.62. The predicted octanol–water partition coefficient (Wildman–Crippen LogP) is -0.353. The Balaban J connectivity index is 0.000000284. The van der Waals surface area contributed by atoms with Crippen LogP contribution in [0.1, 0.15) is 25.0 Å². The normalized spacial score (nSPS) is 15.7. The number of hydrogen-bond donors (Lipinski definition) is 2. The number of nitrogens with two attached hydrogens (primary N) is 1. The zero-order chi connectivity index (χ0) is 17.4. The van der Waals surface area contributed by atoms with E-state index in [2.05, 4.69) is 44.3 Å². The van der Waals surface area contributed by atoms with Crippen molar-refractivity contribution in [2.45, 2.75) is 39.3 Å². The van der Waals surface area contributed by atoms with Crippen LogP contribution in [0.25, 0.3) is 0 Å². The second-order valence-electron chi connectivity index (χ2n) is 5.76. The van der Waals surface area contributed by atoms with Gasteiger partial charge in [0.25, 0.3) is 0 Å². The molecule has 0 bridgehead atoms. The van der Waals surface area contributed by atoms with Gasteiger partial charge in [0, 0.05) is 12.5 Å². The van der Waals surface area contributed by atoms with E-state index < -0.39 is 11.9 Å². The molecular formula is C17H23NO5. The number of benzene rings is 1. The maximum atomic E-state index is 9.53. The van der Waals surface area contributed by atoms with Crippen LogP contribution in [0.2, 0.25) is 0 Å². The molecule has 0 amide bonds. The Morgan fingerprint density at radius 1 is 1.43 bits per heavy atom. The first-order chi connectivity index (χ1) is 10.8. The highest BCUT2D eigenvalue weighted by molar-refractivity contribution is 5.88. The van der Waals surface area contributed by atoms with Crippen molar-refractivity contribution >= 4 is 11.9 Å². The summed E-state index contributed by atoms with van der Waals surface area (Å²) in [6.07, 6.45) is 2.38. The lowest BCUT2D eigenvalue weighted by Gasteiger charge is -2.11. The van der Waals surface area contributed by atoms with Crippen LogP contribution in [0.5, 0.6) is 5.75 Å². The standard InChI is InChI=1S/C13H19NO.C4H4O4/c1-9(2)14-8-12-7-11-6-10(3)4-5-13(11)15-12;5-3(6)1-2-4(7)8/h4-6,9,12,14H,7-8H2,1-3H3;1-2H,(H,5,6)(H,7,8)/b;2-1-. The van der Waals surface area contributed by atoms with Crippen molar-refractivity contribution in [3.05, 3.63) is 41.5 Å². The first-order valence-electron chi connectivity index (χ1n) is 7.49. The zero-order valence-corrected chi connectivity index (χ0v) is 13.6. The van der Waals surface area contributed by atoms with E-state index in [9.17, 15) is 14.7 Å². The number of hydrogen-bond acceptors (Lipinski definition) is 4. The first-order valence-corrected chi connectivity index (χ1v) is 7.49. The van der Waals surface area contributed by atoms with Crippen LogP contribution in [-0.4, -0.2) is 35.7 Å². The van der Waals surface area contributed by atoms with Gasteiger partial charge in [-0.05, 0) is 38.5 Å². The van der Waals surface area contributed by atoms with Crippen LogP contribution in [0, 0.1) is 6.92 Å². The summed E-state index contributed by atoms with van der Waals surface area (Å²) >= 11 is 0. The van der Waals surface area contributed by atoms with Crippen LogP contribution in [0.4, 0.5) is 0 Å². The fourth-order valence-electron chi connectivity index (χ4n) is 2.14. The lowest BCUT2D eigenvalue weighted by atomic mass is 10.1. The van der Waals surface area contributed by atoms with Crippen molar-refractivity contribution in [2.24, 2.45) is 0 Å². The second kappa shape index (κ2) is 8.95. The minimum atomic E-state index is -1.51. The largest absolute Gasteiger partial charge is 0.545 e. The number of quaternary nitrogens is 1. The van der Waals surface area contributed by atoms with Crippen LogP contribution in [-0.2, 0) is 16.0 Å². The van der Waals surface area contributed by atoms with Gasteiger partial charge in [-0.15, -0.1) is 0 Å². The average Bonchev–Trinajstić information content (AvgIpc) is 2.85.